The zero-order valence-corrected chi connectivity index (χ0v) is 18.6. The maximum atomic E-state index is 13.3. The first kappa shape index (κ1) is 21.3. The molecule has 29 heavy (non-hydrogen) atoms. The second-order valence-corrected chi connectivity index (χ2v) is 11.5. The van der Waals surface area contributed by atoms with E-state index < -0.39 is 16.5 Å². The zero-order chi connectivity index (χ0) is 21.0. The lowest BCUT2D eigenvalue weighted by Crippen LogP contribution is -2.61. The Labute approximate surface area is 177 Å². The summed E-state index contributed by atoms with van der Waals surface area (Å²) < 4.78 is 6.17. The van der Waals surface area contributed by atoms with E-state index in [4.69, 9.17) is 4.74 Å². The van der Waals surface area contributed by atoms with E-state index >= 15 is 0 Å². The van der Waals surface area contributed by atoms with Crippen LogP contribution in [-0.2, 0) is 14.3 Å². The largest absolute Gasteiger partial charge is 0.521 e. The molecule has 1 N–H and O–H groups in total. The van der Waals surface area contributed by atoms with Gasteiger partial charge in [0.05, 0.1) is 11.5 Å². The average Bonchev–Trinajstić information content (AvgIpc) is 2.93. The van der Waals surface area contributed by atoms with Crippen LogP contribution < -0.4 is 0 Å². The van der Waals surface area contributed by atoms with E-state index in [0.717, 1.165) is 48.8 Å². The SMILES string of the molecule is CC(=O)SCC(C)C(=O)[N@@+]1(C(=O)O)C[C@H](OC23CC4CC(CC(C4)C2)C3)C[C@H]1C. The van der Waals surface area contributed by atoms with E-state index in [-0.39, 0.29) is 35.3 Å². The summed E-state index contributed by atoms with van der Waals surface area (Å²) in [5, 5.41) is 10.0. The lowest BCUT2D eigenvalue weighted by Gasteiger charge is -2.56. The number of rotatable bonds is 5. The molecule has 4 atom stereocenters. The van der Waals surface area contributed by atoms with Crippen molar-refractivity contribution in [2.24, 2.45) is 23.7 Å². The van der Waals surface area contributed by atoms with Crippen molar-refractivity contribution < 1.29 is 28.7 Å². The smallest absolute Gasteiger partial charge is 0.435 e. The topological polar surface area (TPSA) is 80.7 Å². The molecule has 7 heteroatoms. The van der Waals surface area contributed by atoms with Gasteiger partial charge in [-0.2, -0.15) is 9.28 Å². The summed E-state index contributed by atoms with van der Waals surface area (Å²) in [5.41, 5.74) is -0.0865. The van der Waals surface area contributed by atoms with Crippen molar-refractivity contribution in [1.82, 2.24) is 0 Å². The van der Waals surface area contributed by atoms with E-state index in [1.165, 1.54) is 26.2 Å². The van der Waals surface area contributed by atoms with Crippen molar-refractivity contribution in [3.05, 3.63) is 0 Å². The fourth-order valence-corrected chi connectivity index (χ4v) is 7.75. The molecule has 1 heterocycles. The van der Waals surface area contributed by atoms with Crippen molar-refractivity contribution in [2.45, 2.75) is 83.5 Å². The van der Waals surface area contributed by atoms with Gasteiger partial charge in [0, 0.05) is 19.1 Å². The van der Waals surface area contributed by atoms with Crippen LogP contribution in [0.5, 0.6) is 0 Å². The molecule has 1 saturated heterocycles. The second kappa shape index (κ2) is 7.65. The Bertz CT molecular complexity index is 674. The minimum Gasteiger partial charge on any atom is -0.435 e. The van der Waals surface area contributed by atoms with E-state index in [1.54, 1.807) is 6.92 Å². The van der Waals surface area contributed by atoms with Crippen LogP contribution >= 0.6 is 11.8 Å². The number of thioether (sulfide) groups is 1. The van der Waals surface area contributed by atoms with Crippen LogP contribution in [0.15, 0.2) is 0 Å². The van der Waals surface area contributed by atoms with Gasteiger partial charge in [-0.05, 0) is 70.1 Å². The Morgan fingerprint density at radius 3 is 2.14 bits per heavy atom. The highest BCUT2D eigenvalue weighted by molar-refractivity contribution is 8.13. The number of hydrogen-bond acceptors (Lipinski definition) is 5. The molecule has 0 spiro atoms. The number of carbonyl (C=O) groups excluding carboxylic acids is 2. The number of likely N-dealkylation sites (tertiary alicyclic amines) is 1. The molecule has 2 amide bonds. The summed E-state index contributed by atoms with van der Waals surface area (Å²) in [6, 6.07) is -0.316. The first-order chi connectivity index (χ1) is 13.6. The predicted octanol–water partition coefficient (Wildman–Crippen LogP) is 4.07. The minimum absolute atomic E-state index is 0.0518. The van der Waals surface area contributed by atoms with E-state index in [0.29, 0.717) is 12.2 Å². The average molecular weight is 425 g/mol. The Morgan fingerprint density at radius 1 is 1.10 bits per heavy atom. The van der Waals surface area contributed by atoms with Crippen molar-refractivity contribution in [3.63, 3.8) is 0 Å². The molecule has 4 saturated carbocycles. The van der Waals surface area contributed by atoms with Gasteiger partial charge in [-0.3, -0.25) is 4.79 Å². The van der Waals surface area contributed by atoms with Crippen molar-refractivity contribution >= 4 is 28.9 Å². The highest BCUT2D eigenvalue weighted by Gasteiger charge is 2.60. The molecule has 0 radical (unpaired) electrons. The Hall–Kier alpha value is -0.920. The van der Waals surface area contributed by atoms with E-state index in [9.17, 15) is 19.5 Å². The first-order valence-corrected chi connectivity index (χ1v) is 12.1. The molecule has 4 aliphatic carbocycles. The van der Waals surface area contributed by atoms with Gasteiger partial charge in [0.25, 0.3) is 0 Å². The molecule has 0 aromatic carbocycles. The van der Waals surface area contributed by atoms with Gasteiger partial charge >= 0.3 is 12.0 Å². The molecule has 4 bridgehead atoms. The van der Waals surface area contributed by atoms with Crippen molar-refractivity contribution in [2.75, 3.05) is 12.3 Å². The number of imide groups is 1. The number of amides is 2. The van der Waals surface area contributed by atoms with Crippen LogP contribution in [0.25, 0.3) is 0 Å². The van der Waals surface area contributed by atoms with Gasteiger partial charge in [0.1, 0.15) is 18.7 Å². The quantitative estimate of drug-likeness (QED) is 0.670. The molecule has 162 valence electrons. The van der Waals surface area contributed by atoms with Crippen molar-refractivity contribution in [3.8, 4) is 0 Å². The number of carbonyl (C=O) groups is 3. The standard InChI is InChI=1S/C22H33NO5S/c1-13(12-29-15(3)24)20(25)23(21(26)27)11-19(4-14(23)2)28-22-8-16-5-17(9-22)7-18(6-16)10-22/h13-14,16-19H,4-12H2,1-3H3/p+1/t13?,14-,16?,17?,18?,19-,22?,23-/m1/s1. The number of hydrogen-bond donors (Lipinski definition) is 1. The second-order valence-electron chi connectivity index (χ2n) is 10.3. The van der Waals surface area contributed by atoms with Crippen LogP contribution in [0.1, 0.15) is 65.7 Å². The van der Waals surface area contributed by atoms with Crippen molar-refractivity contribution in [1.29, 1.82) is 0 Å². The third-order valence-corrected chi connectivity index (χ3v) is 9.01. The maximum absolute atomic E-state index is 13.3. The number of quaternary nitrogens is 1. The Morgan fingerprint density at radius 2 is 1.66 bits per heavy atom. The normalized spacial score (nSPS) is 44.0. The van der Waals surface area contributed by atoms with Gasteiger partial charge in [0.15, 0.2) is 5.12 Å². The monoisotopic (exact) mass is 424 g/mol. The summed E-state index contributed by atoms with van der Waals surface area (Å²) in [5.74, 6) is 1.85. The van der Waals surface area contributed by atoms with Gasteiger partial charge < -0.3 is 9.84 Å². The lowest BCUT2D eigenvalue weighted by molar-refractivity contribution is -0.795. The first-order valence-electron chi connectivity index (χ1n) is 11.1. The maximum Gasteiger partial charge on any atom is 0.521 e. The van der Waals surface area contributed by atoms with Crippen LogP contribution in [0.4, 0.5) is 4.79 Å². The van der Waals surface area contributed by atoms with Crippen LogP contribution in [0.3, 0.4) is 0 Å². The highest BCUT2D eigenvalue weighted by atomic mass is 32.2. The Balaban J connectivity index is 1.49. The highest BCUT2D eigenvalue weighted by Crippen LogP contribution is 2.57. The molecule has 0 aromatic rings. The molecule has 1 aliphatic heterocycles. The molecular formula is C22H34NO5S+. The zero-order valence-electron chi connectivity index (χ0n) is 17.8. The van der Waals surface area contributed by atoms with Gasteiger partial charge in [-0.1, -0.05) is 11.8 Å². The molecule has 0 aromatic heterocycles. The minimum atomic E-state index is -1.08. The summed E-state index contributed by atoms with van der Waals surface area (Å²) >= 11 is 1.09. The lowest BCUT2D eigenvalue weighted by atomic mass is 9.54. The molecule has 5 aliphatic rings. The van der Waals surface area contributed by atoms with E-state index in [2.05, 4.69) is 0 Å². The molecule has 1 unspecified atom stereocenters. The van der Waals surface area contributed by atoms with E-state index in [1.807, 2.05) is 6.92 Å². The molecule has 6 nitrogen and oxygen atoms in total. The molecule has 5 rings (SSSR count). The van der Waals surface area contributed by atoms with Gasteiger partial charge in [-0.15, -0.1) is 0 Å². The predicted molar refractivity (Wildman–Crippen MR) is 110 cm³/mol. The number of nitrogens with zero attached hydrogens (tertiary/aromatic N) is 1. The van der Waals surface area contributed by atoms with Crippen LogP contribution in [-0.4, -0.2) is 56.7 Å². The summed E-state index contributed by atoms with van der Waals surface area (Å²) in [6.07, 6.45) is 6.66. The summed E-state index contributed by atoms with van der Waals surface area (Å²) in [7, 11) is 0. The third kappa shape index (κ3) is 3.79. The Kier molecular flexibility index (Phi) is 5.62. The van der Waals surface area contributed by atoms with Gasteiger partial charge in [0.2, 0.25) is 0 Å². The van der Waals surface area contributed by atoms with Gasteiger partial charge in [-0.25, -0.2) is 4.79 Å². The van der Waals surface area contributed by atoms with Crippen LogP contribution in [0.2, 0.25) is 0 Å². The molecule has 5 fully saturated rings. The van der Waals surface area contributed by atoms with Crippen LogP contribution in [0, 0.1) is 23.7 Å². The fraction of sp³-hybridized carbons (Fsp3) is 0.864. The molecular weight excluding hydrogens is 390 g/mol. The summed E-state index contributed by atoms with van der Waals surface area (Å²) in [6.45, 7) is 5.28. The number of ether oxygens (including phenoxy) is 1. The third-order valence-electron chi connectivity index (χ3n) is 7.94. The summed E-state index contributed by atoms with van der Waals surface area (Å²) in [4.78, 5) is 36.9. The number of carboxylic acid groups (broad SMARTS) is 1. The fourth-order valence-electron chi connectivity index (χ4n) is 7.13.